The molecule has 41 heavy (non-hydrogen) atoms. The van der Waals surface area contributed by atoms with Crippen LogP contribution in [0.2, 0.25) is 0 Å². The summed E-state index contributed by atoms with van der Waals surface area (Å²) in [6.07, 6.45) is 3.16. The smallest absolute Gasteiger partial charge is 0.416 e. The minimum absolute atomic E-state index is 0.319. The third kappa shape index (κ3) is 9.42. The fourth-order valence-electron chi connectivity index (χ4n) is 5.05. The number of carbonyl (C=O) groups is 1. The van der Waals surface area contributed by atoms with Crippen LogP contribution < -0.4 is 0 Å². The van der Waals surface area contributed by atoms with Crippen LogP contribution in [0.4, 0.5) is 13.2 Å². The summed E-state index contributed by atoms with van der Waals surface area (Å²) in [4.78, 5) is 13.3. The first kappa shape index (κ1) is 32.8. The number of unbranched alkanes of at least 4 members (excludes halogenated alkanes) is 2. The highest BCUT2D eigenvalue weighted by Crippen LogP contribution is 2.35. The van der Waals surface area contributed by atoms with E-state index in [1.165, 1.54) is 12.1 Å². The van der Waals surface area contributed by atoms with Crippen molar-refractivity contribution in [3.05, 3.63) is 77.4 Å². The number of carboxylic acid groups (broad SMARTS) is 1. The molecule has 2 fully saturated rings. The maximum atomic E-state index is 12.4. The second kappa shape index (κ2) is 14.5. The minimum atomic E-state index is -4.23. The van der Waals surface area contributed by atoms with E-state index in [4.69, 9.17) is 14.6 Å². The van der Waals surface area contributed by atoms with Gasteiger partial charge in [0.25, 0.3) is 0 Å². The van der Waals surface area contributed by atoms with E-state index >= 15 is 0 Å². The fraction of sp³-hybridized carbons (Fsp3) is 0.545. The highest BCUT2D eigenvalue weighted by molar-refractivity contribution is 5.73. The summed E-state index contributed by atoms with van der Waals surface area (Å²) in [6, 6.07) is 13.9. The highest BCUT2D eigenvalue weighted by atomic mass is 19.4. The molecule has 2 aromatic carbocycles. The number of benzene rings is 2. The van der Waals surface area contributed by atoms with Gasteiger partial charge in [-0.3, -0.25) is 4.79 Å². The first-order chi connectivity index (χ1) is 19.4. The summed E-state index contributed by atoms with van der Waals surface area (Å²) in [6.45, 7) is 11.2. The van der Waals surface area contributed by atoms with Crippen LogP contribution >= 0.6 is 0 Å². The van der Waals surface area contributed by atoms with Crippen molar-refractivity contribution in [1.82, 2.24) is 4.90 Å². The van der Waals surface area contributed by atoms with Gasteiger partial charge in [-0.05, 0) is 94.4 Å². The zero-order valence-corrected chi connectivity index (χ0v) is 24.5. The Labute approximate surface area is 242 Å². The van der Waals surface area contributed by atoms with E-state index in [-0.39, 0.29) is 5.60 Å². The molecule has 0 bridgehead atoms. The van der Waals surface area contributed by atoms with Crippen molar-refractivity contribution in [2.75, 3.05) is 40.0 Å². The Bertz CT molecular complexity index is 1100. The van der Waals surface area contributed by atoms with Crippen molar-refractivity contribution in [3.8, 4) is 0 Å². The molecule has 0 unspecified atom stereocenters. The van der Waals surface area contributed by atoms with Crippen molar-refractivity contribution in [2.45, 2.75) is 70.1 Å². The molecular weight excluding hydrogens is 531 g/mol. The lowest BCUT2D eigenvalue weighted by Gasteiger charge is -2.41. The Balaban J connectivity index is 0.000000239. The lowest BCUT2D eigenvalue weighted by atomic mass is 9.87. The quantitative estimate of drug-likeness (QED) is 0.278. The maximum absolute atomic E-state index is 12.4. The predicted octanol–water partition coefficient (Wildman–Crippen LogP) is 7.76. The molecule has 2 aromatic rings. The Morgan fingerprint density at radius 2 is 1.66 bits per heavy atom. The minimum Gasteiger partial charge on any atom is -0.481 e. The van der Waals surface area contributed by atoms with Crippen LogP contribution in [-0.4, -0.2) is 55.9 Å². The Hall–Kier alpha value is -2.68. The number of ether oxygens (including phenoxy) is 2. The molecule has 5 nitrogen and oxygen atoms in total. The van der Waals surface area contributed by atoms with Crippen molar-refractivity contribution in [3.63, 3.8) is 0 Å². The van der Waals surface area contributed by atoms with E-state index in [1.54, 1.807) is 26.0 Å². The van der Waals surface area contributed by atoms with Crippen LogP contribution in [0.3, 0.4) is 0 Å². The van der Waals surface area contributed by atoms with Gasteiger partial charge in [-0.15, -0.1) is 0 Å². The SMILES string of the molecule is C=Cc1ccc(C2(OCCCCCC(C)(C)C(=O)O)COC2)cc1.CN1CCC(c2ccc(C(F)(F)F)cc2)CC1. The van der Waals surface area contributed by atoms with Crippen LogP contribution in [0.1, 0.15) is 80.5 Å². The molecule has 0 saturated carbocycles. The molecule has 0 amide bonds. The molecule has 2 aliphatic heterocycles. The van der Waals surface area contributed by atoms with Crippen LogP contribution in [0.25, 0.3) is 6.08 Å². The zero-order valence-electron chi connectivity index (χ0n) is 24.5. The summed E-state index contributed by atoms with van der Waals surface area (Å²) in [5.41, 5.74) is 1.75. The van der Waals surface area contributed by atoms with Gasteiger partial charge in [0.05, 0.1) is 24.2 Å². The predicted molar refractivity (Wildman–Crippen MR) is 156 cm³/mol. The standard InChI is InChI=1S/C20H28O4.C13H16F3N/c1-4-16-8-10-17(11-9-16)20(14-23-15-20)24-13-7-5-6-12-19(2,3)18(21)22;1-17-8-6-11(7-9-17)10-2-4-12(5-3-10)13(14,15)16/h4,8-11H,1,5-7,12-15H2,2-3H3,(H,21,22);2-5,11H,6-9H2,1H3. The van der Waals surface area contributed by atoms with Gasteiger partial charge in [0.15, 0.2) is 0 Å². The second-order valence-corrected chi connectivity index (χ2v) is 11.9. The van der Waals surface area contributed by atoms with Gasteiger partial charge in [-0.25, -0.2) is 0 Å². The number of nitrogens with zero attached hydrogens (tertiary/aromatic N) is 1. The molecule has 2 aliphatic rings. The van der Waals surface area contributed by atoms with E-state index in [2.05, 4.69) is 30.7 Å². The Kier molecular flexibility index (Phi) is 11.6. The van der Waals surface area contributed by atoms with E-state index in [0.717, 1.165) is 61.9 Å². The lowest BCUT2D eigenvalue weighted by Crippen LogP contribution is -2.49. The molecular formula is C33H44F3NO4. The number of hydrogen-bond acceptors (Lipinski definition) is 4. The molecule has 0 radical (unpaired) electrons. The molecule has 2 heterocycles. The van der Waals surface area contributed by atoms with Gasteiger partial charge in [0.1, 0.15) is 5.60 Å². The van der Waals surface area contributed by atoms with Gasteiger partial charge in [0, 0.05) is 6.61 Å². The number of halogens is 3. The van der Waals surface area contributed by atoms with Gasteiger partial charge < -0.3 is 19.5 Å². The monoisotopic (exact) mass is 575 g/mol. The third-order valence-corrected chi connectivity index (χ3v) is 8.17. The van der Waals surface area contributed by atoms with E-state index in [9.17, 15) is 18.0 Å². The fourth-order valence-corrected chi connectivity index (χ4v) is 5.05. The average molecular weight is 576 g/mol. The van der Waals surface area contributed by atoms with Crippen LogP contribution in [0.5, 0.6) is 0 Å². The normalized spacial score (nSPS) is 17.7. The molecule has 4 rings (SSSR count). The topological polar surface area (TPSA) is 59.0 Å². The molecule has 8 heteroatoms. The molecule has 0 aromatic heterocycles. The second-order valence-electron chi connectivity index (χ2n) is 11.9. The van der Waals surface area contributed by atoms with Crippen molar-refractivity contribution < 1.29 is 32.5 Å². The summed E-state index contributed by atoms with van der Waals surface area (Å²) in [5, 5.41) is 9.11. The molecule has 0 atom stereocenters. The lowest BCUT2D eigenvalue weighted by molar-refractivity contribution is -0.217. The number of carboxylic acids is 1. The highest BCUT2D eigenvalue weighted by Gasteiger charge is 2.41. The van der Waals surface area contributed by atoms with Crippen LogP contribution in [0, 0.1) is 5.41 Å². The van der Waals surface area contributed by atoms with Crippen LogP contribution in [0.15, 0.2) is 55.1 Å². The van der Waals surface area contributed by atoms with Crippen molar-refractivity contribution in [1.29, 1.82) is 0 Å². The number of hydrogen-bond donors (Lipinski definition) is 1. The molecule has 2 saturated heterocycles. The van der Waals surface area contributed by atoms with Crippen molar-refractivity contribution in [2.24, 2.45) is 5.41 Å². The maximum Gasteiger partial charge on any atom is 0.416 e. The van der Waals surface area contributed by atoms with Gasteiger partial charge in [0.2, 0.25) is 0 Å². The summed E-state index contributed by atoms with van der Waals surface area (Å²) in [7, 11) is 2.07. The average Bonchev–Trinajstić information content (AvgIpc) is 2.92. The van der Waals surface area contributed by atoms with E-state index < -0.39 is 23.1 Å². The number of alkyl halides is 3. The first-order valence-electron chi connectivity index (χ1n) is 14.4. The van der Waals surface area contributed by atoms with Gasteiger partial charge in [-0.2, -0.15) is 13.2 Å². The number of piperidine rings is 1. The number of aliphatic carboxylic acids is 1. The number of rotatable bonds is 11. The summed E-state index contributed by atoms with van der Waals surface area (Å²) >= 11 is 0. The Morgan fingerprint density at radius 3 is 2.15 bits per heavy atom. The molecule has 0 spiro atoms. The Morgan fingerprint density at radius 1 is 1.05 bits per heavy atom. The molecule has 226 valence electrons. The van der Waals surface area contributed by atoms with Gasteiger partial charge >= 0.3 is 12.1 Å². The van der Waals surface area contributed by atoms with Gasteiger partial charge in [-0.1, -0.05) is 61.9 Å². The summed E-state index contributed by atoms with van der Waals surface area (Å²) < 4.78 is 48.7. The van der Waals surface area contributed by atoms with Crippen molar-refractivity contribution >= 4 is 12.0 Å². The first-order valence-corrected chi connectivity index (χ1v) is 14.4. The van der Waals surface area contributed by atoms with Crippen LogP contribution in [-0.2, 0) is 26.0 Å². The third-order valence-electron chi connectivity index (χ3n) is 8.17. The van der Waals surface area contributed by atoms with E-state index in [0.29, 0.717) is 32.2 Å². The number of likely N-dealkylation sites (tertiary alicyclic amines) is 1. The largest absolute Gasteiger partial charge is 0.481 e. The van der Waals surface area contributed by atoms with E-state index in [1.807, 2.05) is 18.2 Å². The summed E-state index contributed by atoms with van der Waals surface area (Å²) in [5.74, 6) is -0.319. The molecule has 0 aliphatic carbocycles. The molecule has 1 N–H and O–H groups in total. The zero-order chi connectivity index (χ0) is 30.1.